The van der Waals surface area contributed by atoms with Gasteiger partial charge in [-0.3, -0.25) is 14.3 Å². The van der Waals surface area contributed by atoms with Crippen molar-refractivity contribution in [3.05, 3.63) is 53.9 Å². The minimum atomic E-state index is -0.291. The van der Waals surface area contributed by atoms with Crippen molar-refractivity contribution in [3.63, 3.8) is 0 Å². The monoisotopic (exact) mass is 342 g/mol. The Bertz CT molecular complexity index is 744. The highest BCUT2D eigenvalue weighted by Crippen LogP contribution is 2.31. The van der Waals surface area contributed by atoms with Crippen LogP contribution in [0.5, 0.6) is 0 Å². The first-order valence-corrected chi connectivity index (χ1v) is 8.21. The second kappa shape index (κ2) is 7.48. The normalized spacial score (nSPS) is 20.1. The van der Waals surface area contributed by atoms with Crippen molar-refractivity contribution in [3.8, 4) is 0 Å². The zero-order valence-electron chi connectivity index (χ0n) is 14.4. The van der Waals surface area contributed by atoms with E-state index in [4.69, 9.17) is 4.74 Å². The number of aromatic nitrogens is 2. The number of hydrogen-bond acceptors (Lipinski definition) is 4. The first kappa shape index (κ1) is 17.2. The van der Waals surface area contributed by atoms with Crippen molar-refractivity contribution in [2.24, 2.45) is 7.05 Å². The van der Waals surface area contributed by atoms with E-state index in [2.05, 4.69) is 10.4 Å². The van der Waals surface area contributed by atoms with E-state index in [-0.39, 0.29) is 36.9 Å². The van der Waals surface area contributed by atoms with Crippen LogP contribution in [0.25, 0.3) is 0 Å². The van der Waals surface area contributed by atoms with Crippen LogP contribution in [-0.4, -0.2) is 46.2 Å². The van der Waals surface area contributed by atoms with Gasteiger partial charge in [0.1, 0.15) is 6.61 Å². The Labute approximate surface area is 146 Å². The van der Waals surface area contributed by atoms with Gasteiger partial charge < -0.3 is 15.0 Å². The van der Waals surface area contributed by atoms with Crippen molar-refractivity contribution < 1.29 is 14.3 Å². The summed E-state index contributed by atoms with van der Waals surface area (Å²) in [5.74, 6) is -0.224. The highest BCUT2D eigenvalue weighted by atomic mass is 16.5. The molecular weight excluding hydrogens is 320 g/mol. The Hall–Kier alpha value is -2.67. The molecule has 0 bridgehead atoms. The average molecular weight is 342 g/mol. The van der Waals surface area contributed by atoms with Gasteiger partial charge in [0.15, 0.2) is 0 Å². The predicted molar refractivity (Wildman–Crippen MR) is 91.4 cm³/mol. The number of carbonyl (C=O) groups is 2. The highest BCUT2D eigenvalue weighted by Gasteiger charge is 2.40. The van der Waals surface area contributed by atoms with Gasteiger partial charge in [-0.05, 0) is 11.6 Å². The molecule has 1 aromatic carbocycles. The second-order valence-electron chi connectivity index (χ2n) is 6.19. The van der Waals surface area contributed by atoms with Gasteiger partial charge in [-0.15, -0.1) is 0 Å². The van der Waals surface area contributed by atoms with Crippen LogP contribution in [0.4, 0.5) is 0 Å². The molecule has 0 saturated carbocycles. The van der Waals surface area contributed by atoms with E-state index < -0.39 is 0 Å². The quantitative estimate of drug-likeness (QED) is 0.850. The molecule has 0 spiro atoms. The summed E-state index contributed by atoms with van der Waals surface area (Å²) in [7, 11) is 3.58. The van der Waals surface area contributed by atoms with Gasteiger partial charge in [0.25, 0.3) is 0 Å². The van der Waals surface area contributed by atoms with Gasteiger partial charge >= 0.3 is 0 Å². The van der Waals surface area contributed by atoms with Crippen LogP contribution < -0.4 is 5.32 Å². The van der Waals surface area contributed by atoms with Crippen LogP contribution >= 0.6 is 0 Å². The molecule has 0 radical (unpaired) electrons. The molecule has 132 valence electrons. The molecular formula is C18H22N4O3. The lowest BCUT2D eigenvalue weighted by Gasteiger charge is -2.25. The lowest BCUT2D eigenvalue weighted by atomic mass is 10.1. The van der Waals surface area contributed by atoms with Gasteiger partial charge in [0, 0.05) is 26.7 Å². The number of carbonyl (C=O) groups excluding carboxylic acids is 2. The number of nitrogens with zero attached hydrogens (tertiary/aromatic N) is 3. The number of amides is 2. The first-order chi connectivity index (χ1) is 12.1. The van der Waals surface area contributed by atoms with E-state index in [0.717, 1.165) is 11.3 Å². The Morgan fingerprint density at radius 1 is 1.28 bits per heavy atom. The largest absolute Gasteiger partial charge is 0.367 e. The number of aryl methyl sites for hydroxylation is 1. The number of nitrogens with one attached hydrogen (secondary N) is 1. The van der Waals surface area contributed by atoms with Crippen LogP contribution in [0.1, 0.15) is 23.7 Å². The smallest absolute Gasteiger partial charge is 0.246 e. The van der Waals surface area contributed by atoms with Crippen molar-refractivity contribution >= 4 is 11.8 Å². The maximum absolute atomic E-state index is 12.2. The molecule has 2 atom stereocenters. The molecule has 1 aliphatic rings. The zero-order chi connectivity index (χ0) is 17.8. The molecule has 3 rings (SSSR count). The lowest BCUT2D eigenvalue weighted by Crippen LogP contribution is -2.41. The maximum atomic E-state index is 12.2. The van der Waals surface area contributed by atoms with Gasteiger partial charge in [-0.1, -0.05) is 30.3 Å². The third-order valence-electron chi connectivity index (χ3n) is 4.44. The summed E-state index contributed by atoms with van der Waals surface area (Å²) in [5.41, 5.74) is 1.91. The Morgan fingerprint density at radius 3 is 2.72 bits per heavy atom. The van der Waals surface area contributed by atoms with Crippen LogP contribution in [0, 0.1) is 0 Å². The topological polar surface area (TPSA) is 76.5 Å². The molecule has 1 aliphatic heterocycles. The van der Waals surface area contributed by atoms with Crippen molar-refractivity contribution in [2.75, 3.05) is 13.7 Å². The second-order valence-corrected chi connectivity index (χ2v) is 6.19. The number of likely N-dealkylation sites (tertiary alicyclic amines) is 1. The van der Waals surface area contributed by atoms with Gasteiger partial charge in [0.2, 0.25) is 11.8 Å². The fraction of sp³-hybridized carbons (Fsp3) is 0.389. The first-order valence-electron chi connectivity index (χ1n) is 8.21. The SMILES string of the molecule is CN1C(=O)C[C@@H](NC(=O)COCc2ccccc2)[C@@H]1c1ccnn1C. The molecule has 2 heterocycles. The van der Waals surface area contributed by atoms with E-state index in [0.29, 0.717) is 6.61 Å². The van der Waals surface area contributed by atoms with E-state index in [1.54, 1.807) is 22.8 Å². The number of hydrogen-bond donors (Lipinski definition) is 1. The van der Waals surface area contributed by atoms with Crippen molar-refractivity contribution in [2.45, 2.75) is 25.1 Å². The molecule has 2 aromatic rings. The Morgan fingerprint density at radius 2 is 2.04 bits per heavy atom. The van der Waals surface area contributed by atoms with Crippen molar-refractivity contribution in [1.29, 1.82) is 0 Å². The van der Waals surface area contributed by atoms with E-state index in [1.807, 2.05) is 43.4 Å². The van der Waals surface area contributed by atoms with Gasteiger partial charge in [-0.2, -0.15) is 5.10 Å². The summed E-state index contributed by atoms with van der Waals surface area (Å²) in [6, 6.07) is 11.0. The van der Waals surface area contributed by atoms with Gasteiger partial charge in [0.05, 0.1) is 24.4 Å². The predicted octanol–water partition coefficient (Wildman–Crippen LogP) is 1.02. The number of rotatable bonds is 6. The molecule has 25 heavy (non-hydrogen) atoms. The Kier molecular flexibility index (Phi) is 5.14. The molecule has 1 fully saturated rings. The molecule has 1 saturated heterocycles. The maximum Gasteiger partial charge on any atom is 0.246 e. The summed E-state index contributed by atoms with van der Waals surface area (Å²) in [6.45, 7) is 0.338. The lowest BCUT2D eigenvalue weighted by molar-refractivity contribution is -0.128. The number of ether oxygens (including phenoxy) is 1. The van der Waals surface area contributed by atoms with Crippen LogP contribution in [0.3, 0.4) is 0 Å². The van der Waals surface area contributed by atoms with Crippen LogP contribution in [0.2, 0.25) is 0 Å². The molecule has 0 aliphatic carbocycles. The summed E-state index contributed by atoms with van der Waals surface area (Å²) in [4.78, 5) is 26.0. The molecule has 7 heteroatoms. The minimum Gasteiger partial charge on any atom is -0.367 e. The number of benzene rings is 1. The molecule has 0 unspecified atom stereocenters. The molecule has 1 aromatic heterocycles. The third kappa shape index (κ3) is 3.88. The Balaban J connectivity index is 1.58. The van der Waals surface area contributed by atoms with Crippen molar-refractivity contribution in [1.82, 2.24) is 20.0 Å². The zero-order valence-corrected chi connectivity index (χ0v) is 14.4. The summed E-state index contributed by atoms with van der Waals surface area (Å²) >= 11 is 0. The standard InChI is InChI=1S/C18H22N4O3/c1-21-17(24)10-14(18(21)15-8-9-19-22(15)2)20-16(23)12-25-11-13-6-4-3-5-7-13/h3-9,14,18H,10-12H2,1-2H3,(H,20,23)/t14-,18-/m1/s1. The number of likely N-dealkylation sites (N-methyl/N-ethyl adjacent to an activating group) is 1. The summed E-state index contributed by atoms with van der Waals surface area (Å²) in [5, 5.41) is 7.08. The summed E-state index contributed by atoms with van der Waals surface area (Å²) < 4.78 is 7.19. The highest BCUT2D eigenvalue weighted by molar-refractivity contribution is 5.83. The average Bonchev–Trinajstić information content (AvgIpc) is 3.12. The minimum absolute atomic E-state index is 0.00158. The fourth-order valence-electron chi connectivity index (χ4n) is 3.16. The van der Waals surface area contributed by atoms with Crippen LogP contribution in [0.15, 0.2) is 42.6 Å². The van der Waals surface area contributed by atoms with E-state index in [1.165, 1.54) is 0 Å². The van der Waals surface area contributed by atoms with Gasteiger partial charge in [-0.25, -0.2) is 0 Å². The molecule has 7 nitrogen and oxygen atoms in total. The van der Waals surface area contributed by atoms with E-state index in [9.17, 15) is 9.59 Å². The summed E-state index contributed by atoms with van der Waals surface area (Å²) in [6.07, 6.45) is 1.96. The van der Waals surface area contributed by atoms with Crippen LogP contribution in [-0.2, 0) is 28.0 Å². The fourth-order valence-corrected chi connectivity index (χ4v) is 3.16. The third-order valence-corrected chi connectivity index (χ3v) is 4.44. The molecule has 1 N–H and O–H groups in total. The van der Waals surface area contributed by atoms with E-state index >= 15 is 0 Å². The molecule has 2 amide bonds.